The first kappa shape index (κ1) is 12.5. The van der Waals surface area contributed by atoms with Crippen LogP contribution in [-0.4, -0.2) is 33.2 Å². The highest BCUT2D eigenvalue weighted by Crippen LogP contribution is 2.46. The Labute approximate surface area is 112 Å². The minimum Gasteiger partial charge on any atom is -0.508 e. The van der Waals surface area contributed by atoms with Crippen molar-refractivity contribution in [1.29, 1.82) is 0 Å². The molecule has 2 aliphatic heterocycles. The molecule has 0 radical (unpaired) electrons. The first-order valence-corrected chi connectivity index (χ1v) is 6.87. The number of nitrogens with zero attached hydrogens (tertiary/aromatic N) is 1. The Morgan fingerprint density at radius 1 is 1.42 bits per heavy atom. The van der Waals surface area contributed by atoms with Gasteiger partial charge in [-0.2, -0.15) is 0 Å². The van der Waals surface area contributed by atoms with Crippen molar-refractivity contribution in [3.8, 4) is 5.75 Å². The van der Waals surface area contributed by atoms with E-state index in [2.05, 4.69) is 11.8 Å². The summed E-state index contributed by atoms with van der Waals surface area (Å²) in [5.41, 5.74) is 1.06. The molecule has 0 aliphatic carbocycles. The van der Waals surface area contributed by atoms with E-state index < -0.39 is 5.97 Å². The summed E-state index contributed by atoms with van der Waals surface area (Å²) in [5, 5.41) is 18.9. The van der Waals surface area contributed by atoms with Crippen LogP contribution in [0.1, 0.15) is 37.8 Å². The molecule has 1 aromatic rings. The minimum atomic E-state index is -0.666. The molecule has 0 amide bonds. The van der Waals surface area contributed by atoms with Crippen molar-refractivity contribution in [1.82, 2.24) is 4.90 Å². The Morgan fingerprint density at radius 2 is 2.21 bits per heavy atom. The van der Waals surface area contributed by atoms with Crippen molar-refractivity contribution >= 4 is 5.97 Å². The zero-order valence-corrected chi connectivity index (χ0v) is 11.0. The van der Waals surface area contributed by atoms with Crippen LogP contribution in [0.15, 0.2) is 24.3 Å². The number of phenolic OH excluding ortho intramolecular Hbond substituents is 1. The summed E-state index contributed by atoms with van der Waals surface area (Å²) in [6.07, 6.45) is 2.84. The lowest BCUT2D eigenvalue weighted by Crippen LogP contribution is -2.34. The number of hydrogen-bond donors (Lipinski definition) is 2. The summed E-state index contributed by atoms with van der Waals surface area (Å²) >= 11 is 0. The summed E-state index contributed by atoms with van der Waals surface area (Å²) in [6.45, 7) is 2.10. The summed E-state index contributed by atoms with van der Waals surface area (Å²) in [4.78, 5) is 13.6. The highest BCUT2D eigenvalue weighted by Gasteiger charge is 2.50. The Kier molecular flexibility index (Phi) is 2.97. The molecule has 1 aromatic carbocycles. The molecule has 0 aromatic heterocycles. The largest absolute Gasteiger partial charge is 0.508 e. The highest BCUT2D eigenvalue weighted by molar-refractivity contribution is 5.71. The summed E-state index contributed by atoms with van der Waals surface area (Å²) in [6, 6.07) is 7.97. The summed E-state index contributed by atoms with van der Waals surface area (Å²) < 4.78 is 0. The van der Waals surface area contributed by atoms with Gasteiger partial charge in [-0.05, 0) is 43.9 Å². The van der Waals surface area contributed by atoms with Crippen molar-refractivity contribution in [3.63, 3.8) is 0 Å². The highest BCUT2D eigenvalue weighted by atomic mass is 16.4. The molecule has 3 rings (SSSR count). The third-order valence-corrected chi connectivity index (χ3v) is 4.71. The Morgan fingerprint density at radius 3 is 2.84 bits per heavy atom. The van der Waals surface area contributed by atoms with E-state index in [1.165, 1.54) is 0 Å². The van der Waals surface area contributed by atoms with Crippen LogP contribution in [0.5, 0.6) is 5.75 Å². The van der Waals surface area contributed by atoms with Crippen molar-refractivity contribution in [2.45, 2.75) is 44.3 Å². The van der Waals surface area contributed by atoms with Crippen LogP contribution in [0, 0.1) is 5.92 Å². The van der Waals surface area contributed by atoms with E-state index in [1.807, 2.05) is 12.1 Å². The number of benzene rings is 1. The molecule has 4 nitrogen and oxygen atoms in total. The number of phenols is 1. The van der Waals surface area contributed by atoms with E-state index in [0.717, 1.165) is 24.8 Å². The van der Waals surface area contributed by atoms with Gasteiger partial charge in [-0.3, -0.25) is 9.69 Å². The zero-order chi connectivity index (χ0) is 13.6. The van der Waals surface area contributed by atoms with Gasteiger partial charge in [0.15, 0.2) is 0 Å². The lowest BCUT2D eigenvalue weighted by molar-refractivity contribution is -0.142. The minimum absolute atomic E-state index is 0.153. The Balaban J connectivity index is 1.85. The normalized spacial score (nSPS) is 31.5. The van der Waals surface area contributed by atoms with Crippen LogP contribution < -0.4 is 0 Å². The topological polar surface area (TPSA) is 60.8 Å². The second-order valence-electron chi connectivity index (χ2n) is 5.70. The average molecular weight is 261 g/mol. The SMILES string of the molecule is CC(c1cccc(O)c1)N1C2CCC1C(C(=O)O)C2. The molecule has 2 fully saturated rings. The standard InChI is InChI=1S/C15H19NO3/c1-9(10-3-2-4-12(17)7-10)16-11-5-6-14(16)13(8-11)15(18)19/h2-4,7,9,11,13-14,17H,5-6,8H2,1H3,(H,18,19). The Bertz CT molecular complexity index is 502. The number of carboxylic acids is 1. The van der Waals surface area contributed by atoms with Crippen LogP contribution in [-0.2, 0) is 4.79 Å². The molecule has 0 saturated carbocycles. The van der Waals surface area contributed by atoms with Crippen LogP contribution in [0.4, 0.5) is 0 Å². The van der Waals surface area contributed by atoms with Crippen LogP contribution in [0.25, 0.3) is 0 Å². The van der Waals surface area contributed by atoms with E-state index >= 15 is 0 Å². The molecule has 0 spiro atoms. The first-order chi connectivity index (χ1) is 9.08. The third-order valence-electron chi connectivity index (χ3n) is 4.71. The Hall–Kier alpha value is -1.55. The maximum atomic E-state index is 11.3. The summed E-state index contributed by atoms with van der Waals surface area (Å²) in [5.74, 6) is -0.621. The number of aromatic hydroxyl groups is 1. The molecule has 2 heterocycles. The van der Waals surface area contributed by atoms with E-state index in [1.54, 1.807) is 12.1 Å². The van der Waals surface area contributed by atoms with Crippen molar-refractivity contribution in [2.24, 2.45) is 5.92 Å². The van der Waals surface area contributed by atoms with E-state index in [4.69, 9.17) is 0 Å². The number of carbonyl (C=O) groups is 1. The predicted molar refractivity (Wildman–Crippen MR) is 70.9 cm³/mol. The van der Waals surface area contributed by atoms with Crippen molar-refractivity contribution in [2.75, 3.05) is 0 Å². The molecule has 4 heteroatoms. The van der Waals surface area contributed by atoms with Crippen LogP contribution >= 0.6 is 0 Å². The van der Waals surface area contributed by atoms with Gasteiger partial charge in [0.05, 0.1) is 5.92 Å². The van der Waals surface area contributed by atoms with Gasteiger partial charge in [-0.25, -0.2) is 0 Å². The lowest BCUT2D eigenvalue weighted by atomic mass is 9.89. The van der Waals surface area contributed by atoms with Crippen LogP contribution in [0.3, 0.4) is 0 Å². The fourth-order valence-electron chi connectivity index (χ4n) is 3.86. The lowest BCUT2D eigenvalue weighted by Gasteiger charge is -2.30. The fourth-order valence-corrected chi connectivity index (χ4v) is 3.86. The monoisotopic (exact) mass is 261 g/mol. The van der Waals surface area contributed by atoms with Gasteiger partial charge in [-0.15, -0.1) is 0 Å². The smallest absolute Gasteiger partial charge is 0.308 e. The second-order valence-corrected chi connectivity index (χ2v) is 5.70. The van der Waals surface area contributed by atoms with Gasteiger partial charge < -0.3 is 10.2 Å². The molecule has 2 aliphatic rings. The molecular weight excluding hydrogens is 242 g/mol. The molecule has 4 atom stereocenters. The first-order valence-electron chi connectivity index (χ1n) is 6.87. The van der Waals surface area contributed by atoms with Gasteiger partial charge >= 0.3 is 5.97 Å². The van der Waals surface area contributed by atoms with Gasteiger partial charge in [0, 0.05) is 18.1 Å². The summed E-state index contributed by atoms with van der Waals surface area (Å²) in [7, 11) is 0. The second kappa shape index (κ2) is 4.53. The average Bonchev–Trinajstić information content (AvgIpc) is 2.95. The van der Waals surface area contributed by atoms with Gasteiger partial charge in [-0.1, -0.05) is 12.1 Å². The van der Waals surface area contributed by atoms with E-state index in [9.17, 15) is 15.0 Å². The molecule has 4 unspecified atom stereocenters. The quantitative estimate of drug-likeness (QED) is 0.877. The molecule has 102 valence electrons. The number of fused-ring (bicyclic) bond motifs is 2. The molecule has 2 N–H and O–H groups in total. The van der Waals surface area contributed by atoms with Crippen molar-refractivity contribution < 1.29 is 15.0 Å². The fraction of sp³-hybridized carbons (Fsp3) is 0.533. The number of rotatable bonds is 3. The molecule has 2 saturated heterocycles. The van der Waals surface area contributed by atoms with E-state index in [0.29, 0.717) is 6.04 Å². The zero-order valence-electron chi connectivity index (χ0n) is 11.0. The number of hydrogen-bond acceptors (Lipinski definition) is 3. The maximum absolute atomic E-state index is 11.3. The van der Waals surface area contributed by atoms with Gasteiger partial charge in [0.2, 0.25) is 0 Å². The van der Waals surface area contributed by atoms with Crippen LogP contribution in [0.2, 0.25) is 0 Å². The number of aliphatic carboxylic acids is 1. The molecule has 2 bridgehead atoms. The van der Waals surface area contributed by atoms with E-state index in [-0.39, 0.29) is 23.8 Å². The maximum Gasteiger partial charge on any atom is 0.308 e. The third kappa shape index (κ3) is 2.00. The predicted octanol–water partition coefficient (Wildman–Crippen LogP) is 2.39. The van der Waals surface area contributed by atoms with Gasteiger partial charge in [0.1, 0.15) is 5.75 Å². The van der Waals surface area contributed by atoms with Gasteiger partial charge in [0.25, 0.3) is 0 Å². The molecular formula is C15H19NO3. The molecule has 19 heavy (non-hydrogen) atoms. The number of carboxylic acid groups (broad SMARTS) is 1. The van der Waals surface area contributed by atoms with Crippen molar-refractivity contribution in [3.05, 3.63) is 29.8 Å².